The Balaban J connectivity index is 1.60. The Bertz CT molecular complexity index is 1570. The number of oxazole rings is 1. The fourth-order valence-corrected chi connectivity index (χ4v) is 5.20. The molecule has 0 aliphatic carbocycles. The SMILES string of the molecule is CCCN(CCC)C(=O)c1cc(C(=O)NC(Cc2cc(F)cc(F)c2)C(N)COCc2cc(CC)ccn2)cc(-c2ncco2)c1. The monoisotopic (exact) mass is 633 g/mol. The lowest BCUT2D eigenvalue weighted by atomic mass is 9.98. The molecule has 2 aromatic heterocycles. The van der Waals surface area contributed by atoms with Crippen molar-refractivity contribution in [2.75, 3.05) is 19.7 Å². The summed E-state index contributed by atoms with van der Waals surface area (Å²) in [6, 6.07) is 10.3. The normalized spacial score (nSPS) is 12.5. The molecule has 2 aromatic carbocycles. The summed E-state index contributed by atoms with van der Waals surface area (Å²) in [6.45, 7) is 7.40. The van der Waals surface area contributed by atoms with Crippen molar-refractivity contribution in [1.82, 2.24) is 20.2 Å². The minimum absolute atomic E-state index is 0.0283. The number of aryl methyl sites for hydroxylation is 1. The lowest BCUT2D eigenvalue weighted by Gasteiger charge is -2.26. The van der Waals surface area contributed by atoms with Gasteiger partial charge in [-0.2, -0.15) is 0 Å². The Hall–Kier alpha value is -4.48. The van der Waals surface area contributed by atoms with Crippen molar-refractivity contribution >= 4 is 11.8 Å². The minimum atomic E-state index is -0.787. The second-order valence-corrected chi connectivity index (χ2v) is 11.2. The largest absolute Gasteiger partial charge is 0.445 e. The number of benzene rings is 2. The van der Waals surface area contributed by atoms with Crippen molar-refractivity contribution in [2.45, 2.75) is 65.1 Å². The molecule has 0 saturated carbocycles. The first kappa shape index (κ1) is 34.4. The molecular formula is C35H41F2N5O4. The Kier molecular flexibility index (Phi) is 12.5. The van der Waals surface area contributed by atoms with Gasteiger partial charge in [0.05, 0.1) is 31.1 Å². The molecule has 0 aliphatic rings. The number of nitrogens with one attached hydrogen (secondary N) is 1. The zero-order chi connectivity index (χ0) is 33.1. The van der Waals surface area contributed by atoms with Gasteiger partial charge in [0.25, 0.3) is 11.8 Å². The van der Waals surface area contributed by atoms with Gasteiger partial charge in [0.15, 0.2) is 0 Å². The van der Waals surface area contributed by atoms with Crippen molar-refractivity contribution in [2.24, 2.45) is 5.73 Å². The molecule has 3 N–H and O–H groups in total. The molecule has 0 fully saturated rings. The number of nitrogens with two attached hydrogens (primary N) is 1. The number of amides is 2. The Morgan fingerprint density at radius 2 is 1.65 bits per heavy atom. The molecule has 2 atom stereocenters. The summed E-state index contributed by atoms with van der Waals surface area (Å²) in [7, 11) is 0. The molecule has 0 aliphatic heterocycles. The van der Waals surface area contributed by atoms with E-state index < -0.39 is 29.6 Å². The predicted molar refractivity (Wildman–Crippen MR) is 171 cm³/mol. The Morgan fingerprint density at radius 3 is 2.30 bits per heavy atom. The van der Waals surface area contributed by atoms with Gasteiger partial charge in [0.2, 0.25) is 5.89 Å². The van der Waals surface area contributed by atoms with Crippen LogP contribution in [0.1, 0.15) is 71.1 Å². The van der Waals surface area contributed by atoms with Crippen LogP contribution in [0.5, 0.6) is 0 Å². The molecule has 4 aromatic rings. The molecule has 9 nitrogen and oxygen atoms in total. The quantitative estimate of drug-likeness (QED) is 0.162. The van der Waals surface area contributed by atoms with Crippen LogP contribution >= 0.6 is 0 Å². The van der Waals surface area contributed by atoms with E-state index in [0.717, 1.165) is 36.6 Å². The molecule has 2 amide bonds. The first-order valence-electron chi connectivity index (χ1n) is 15.6. The molecule has 2 unspecified atom stereocenters. The number of hydrogen-bond donors (Lipinski definition) is 2. The number of aromatic nitrogens is 2. The maximum atomic E-state index is 14.1. The van der Waals surface area contributed by atoms with Crippen molar-refractivity contribution < 1.29 is 27.5 Å². The summed E-state index contributed by atoms with van der Waals surface area (Å²) in [5.74, 6) is -1.98. The van der Waals surface area contributed by atoms with Crippen molar-refractivity contribution in [1.29, 1.82) is 0 Å². The first-order chi connectivity index (χ1) is 22.2. The van der Waals surface area contributed by atoms with Crippen LogP contribution in [0, 0.1) is 11.6 Å². The van der Waals surface area contributed by atoms with E-state index in [1.54, 1.807) is 23.2 Å². The maximum Gasteiger partial charge on any atom is 0.253 e. The van der Waals surface area contributed by atoms with E-state index in [1.165, 1.54) is 30.7 Å². The zero-order valence-corrected chi connectivity index (χ0v) is 26.5. The van der Waals surface area contributed by atoms with Crippen LogP contribution in [-0.2, 0) is 24.2 Å². The summed E-state index contributed by atoms with van der Waals surface area (Å²) in [5, 5.41) is 2.93. The second kappa shape index (κ2) is 16.7. The maximum absolute atomic E-state index is 14.1. The van der Waals surface area contributed by atoms with Gasteiger partial charge >= 0.3 is 0 Å². The van der Waals surface area contributed by atoms with Crippen LogP contribution in [0.25, 0.3) is 11.5 Å². The highest BCUT2D eigenvalue weighted by molar-refractivity contribution is 6.01. The van der Waals surface area contributed by atoms with Gasteiger partial charge in [0.1, 0.15) is 17.9 Å². The Morgan fingerprint density at radius 1 is 0.935 bits per heavy atom. The summed E-state index contributed by atoms with van der Waals surface area (Å²) in [5.41, 5.74) is 9.65. The van der Waals surface area contributed by atoms with Gasteiger partial charge < -0.3 is 25.1 Å². The van der Waals surface area contributed by atoms with Gasteiger partial charge in [-0.15, -0.1) is 0 Å². The zero-order valence-electron chi connectivity index (χ0n) is 26.5. The highest BCUT2D eigenvalue weighted by atomic mass is 19.1. The van der Waals surface area contributed by atoms with Crippen LogP contribution in [-0.4, -0.2) is 58.5 Å². The molecule has 0 spiro atoms. The predicted octanol–water partition coefficient (Wildman–Crippen LogP) is 5.72. The molecule has 46 heavy (non-hydrogen) atoms. The smallest absolute Gasteiger partial charge is 0.253 e. The van der Waals surface area contributed by atoms with Crippen LogP contribution in [0.15, 0.2) is 71.6 Å². The number of rotatable bonds is 16. The summed E-state index contributed by atoms with van der Waals surface area (Å²) >= 11 is 0. The fraction of sp³-hybridized carbons (Fsp3) is 0.371. The van der Waals surface area contributed by atoms with Gasteiger partial charge in [-0.25, -0.2) is 13.8 Å². The second-order valence-electron chi connectivity index (χ2n) is 11.2. The average molecular weight is 634 g/mol. The van der Waals surface area contributed by atoms with E-state index in [4.69, 9.17) is 14.9 Å². The van der Waals surface area contributed by atoms with Crippen LogP contribution in [0.4, 0.5) is 8.78 Å². The van der Waals surface area contributed by atoms with Gasteiger partial charge in [-0.1, -0.05) is 20.8 Å². The standard InChI is InChI=1S/C35H41F2N5O4/c1-4-10-42(11-5-2)35(44)27-18-25(17-26(19-27)34-40-9-12-46-34)33(43)41-32(16-24-13-28(36)20-29(37)14-24)31(38)22-45-21-30-15-23(6-3)7-8-39-30/h7-9,12-15,17-20,31-32H,4-6,10-11,16,21-22,38H2,1-3H3,(H,41,43). The summed E-state index contributed by atoms with van der Waals surface area (Å²) in [4.78, 5) is 37.7. The molecule has 0 bridgehead atoms. The lowest BCUT2D eigenvalue weighted by Crippen LogP contribution is -2.51. The third kappa shape index (κ3) is 9.51. The lowest BCUT2D eigenvalue weighted by molar-refractivity contribution is 0.0755. The highest BCUT2D eigenvalue weighted by Gasteiger charge is 2.25. The van der Waals surface area contributed by atoms with E-state index in [-0.39, 0.29) is 37.0 Å². The van der Waals surface area contributed by atoms with Crippen LogP contribution in [0.2, 0.25) is 0 Å². The number of pyridine rings is 1. The van der Waals surface area contributed by atoms with Crippen LogP contribution < -0.4 is 11.1 Å². The van der Waals surface area contributed by atoms with E-state index in [2.05, 4.69) is 15.3 Å². The number of hydrogen-bond acceptors (Lipinski definition) is 7. The number of carbonyl (C=O) groups excluding carboxylic acids is 2. The first-order valence-corrected chi connectivity index (χ1v) is 15.6. The average Bonchev–Trinajstić information content (AvgIpc) is 3.59. The third-order valence-corrected chi connectivity index (χ3v) is 7.46. The van der Waals surface area contributed by atoms with E-state index in [1.807, 2.05) is 32.9 Å². The molecule has 0 radical (unpaired) electrons. The number of nitrogens with zero attached hydrogens (tertiary/aromatic N) is 3. The Labute approximate surface area is 268 Å². The molecule has 244 valence electrons. The van der Waals surface area contributed by atoms with E-state index >= 15 is 0 Å². The van der Waals surface area contributed by atoms with E-state index in [0.29, 0.717) is 29.8 Å². The molecule has 4 rings (SSSR count). The highest BCUT2D eigenvalue weighted by Crippen LogP contribution is 2.23. The summed E-state index contributed by atoms with van der Waals surface area (Å²) in [6.07, 6.45) is 7.04. The minimum Gasteiger partial charge on any atom is -0.445 e. The van der Waals surface area contributed by atoms with Gasteiger partial charge in [-0.3, -0.25) is 14.6 Å². The fourth-order valence-electron chi connectivity index (χ4n) is 5.20. The van der Waals surface area contributed by atoms with Gasteiger partial charge in [-0.05, 0) is 79.3 Å². The third-order valence-electron chi connectivity index (χ3n) is 7.46. The number of ether oxygens (including phenoxy) is 1. The summed E-state index contributed by atoms with van der Waals surface area (Å²) < 4.78 is 39.5. The van der Waals surface area contributed by atoms with Crippen LogP contribution in [0.3, 0.4) is 0 Å². The van der Waals surface area contributed by atoms with Gasteiger partial charge in [0, 0.05) is 48.1 Å². The van der Waals surface area contributed by atoms with Crippen molar-refractivity contribution in [3.05, 3.63) is 107 Å². The molecular weight excluding hydrogens is 592 g/mol. The van der Waals surface area contributed by atoms with Crippen molar-refractivity contribution in [3.63, 3.8) is 0 Å². The molecule has 2 heterocycles. The van der Waals surface area contributed by atoms with E-state index in [9.17, 15) is 18.4 Å². The number of carbonyl (C=O) groups is 2. The van der Waals surface area contributed by atoms with Crippen molar-refractivity contribution in [3.8, 4) is 11.5 Å². The molecule has 0 saturated heterocycles. The topological polar surface area (TPSA) is 124 Å². The molecule has 11 heteroatoms. The number of halogens is 2.